The van der Waals surface area contributed by atoms with Crippen molar-refractivity contribution in [3.63, 3.8) is 0 Å². The van der Waals surface area contributed by atoms with E-state index in [0.29, 0.717) is 0 Å². The third-order valence-electron chi connectivity index (χ3n) is 3.40. The van der Waals surface area contributed by atoms with Crippen molar-refractivity contribution >= 4 is 0 Å². The molecular formula is C11H20F3N. The fourth-order valence-corrected chi connectivity index (χ4v) is 3.12. The molecule has 0 aromatic rings. The molecule has 0 amide bonds. The zero-order valence-electron chi connectivity index (χ0n) is 9.83. The molecule has 90 valence electrons. The van der Waals surface area contributed by atoms with Crippen molar-refractivity contribution in [2.75, 3.05) is 7.05 Å². The van der Waals surface area contributed by atoms with Crippen LogP contribution in [-0.4, -0.2) is 18.8 Å². The van der Waals surface area contributed by atoms with Crippen LogP contribution < -0.4 is 5.32 Å². The van der Waals surface area contributed by atoms with Crippen molar-refractivity contribution < 1.29 is 13.2 Å². The molecule has 0 heterocycles. The Morgan fingerprint density at radius 1 is 1.20 bits per heavy atom. The summed E-state index contributed by atoms with van der Waals surface area (Å²) in [5.41, 5.74) is -1.93. The molecule has 0 radical (unpaired) electrons. The Hall–Kier alpha value is -0.250. The fourth-order valence-electron chi connectivity index (χ4n) is 3.12. The molecule has 0 spiro atoms. The first kappa shape index (κ1) is 12.8. The molecular weight excluding hydrogens is 203 g/mol. The quantitative estimate of drug-likeness (QED) is 0.718. The van der Waals surface area contributed by atoms with Crippen LogP contribution >= 0.6 is 0 Å². The lowest BCUT2D eigenvalue weighted by Gasteiger charge is -2.48. The van der Waals surface area contributed by atoms with Crippen LogP contribution in [0.1, 0.15) is 40.0 Å². The van der Waals surface area contributed by atoms with Crippen LogP contribution in [0.15, 0.2) is 0 Å². The molecule has 1 aliphatic rings. The highest BCUT2D eigenvalue weighted by atomic mass is 19.4. The molecule has 1 saturated carbocycles. The Kier molecular flexibility index (Phi) is 3.12. The molecule has 2 unspecified atom stereocenters. The summed E-state index contributed by atoms with van der Waals surface area (Å²) in [6, 6.07) is 0. The van der Waals surface area contributed by atoms with E-state index in [1.165, 1.54) is 7.05 Å². The summed E-state index contributed by atoms with van der Waals surface area (Å²) in [4.78, 5) is 0. The molecule has 0 aromatic heterocycles. The van der Waals surface area contributed by atoms with Crippen molar-refractivity contribution in [3.8, 4) is 0 Å². The molecule has 0 bridgehead atoms. The number of alkyl halides is 3. The predicted molar refractivity (Wildman–Crippen MR) is 54.6 cm³/mol. The van der Waals surface area contributed by atoms with Gasteiger partial charge in [-0.05, 0) is 37.6 Å². The number of rotatable bonds is 1. The van der Waals surface area contributed by atoms with Gasteiger partial charge in [0.15, 0.2) is 0 Å². The lowest BCUT2D eigenvalue weighted by atomic mass is 9.64. The first-order valence-corrected chi connectivity index (χ1v) is 5.38. The van der Waals surface area contributed by atoms with Crippen LogP contribution in [0.3, 0.4) is 0 Å². The Morgan fingerprint density at radius 2 is 1.73 bits per heavy atom. The van der Waals surface area contributed by atoms with Crippen molar-refractivity contribution in [1.29, 1.82) is 0 Å². The van der Waals surface area contributed by atoms with Gasteiger partial charge in [0.2, 0.25) is 0 Å². The molecule has 0 saturated heterocycles. The van der Waals surface area contributed by atoms with E-state index in [1.807, 2.05) is 20.8 Å². The summed E-state index contributed by atoms with van der Waals surface area (Å²) in [6.07, 6.45) is -2.93. The van der Waals surface area contributed by atoms with Crippen molar-refractivity contribution in [2.24, 2.45) is 11.3 Å². The van der Waals surface area contributed by atoms with Crippen LogP contribution in [0.2, 0.25) is 0 Å². The van der Waals surface area contributed by atoms with Gasteiger partial charge in [0.25, 0.3) is 0 Å². The topological polar surface area (TPSA) is 12.0 Å². The van der Waals surface area contributed by atoms with E-state index in [4.69, 9.17) is 0 Å². The molecule has 2 atom stereocenters. The zero-order chi connectivity index (χ0) is 11.9. The van der Waals surface area contributed by atoms with Gasteiger partial charge in [0.1, 0.15) is 5.54 Å². The van der Waals surface area contributed by atoms with E-state index in [9.17, 15) is 13.2 Å². The first-order valence-electron chi connectivity index (χ1n) is 5.38. The number of hydrogen-bond acceptors (Lipinski definition) is 1. The highest BCUT2D eigenvalue weighted by Gasteiger charge is 2.58. The van der Waals surface area contributed by atoms with E-state index >= 15 is 0 Å². The van der Waals surface area contributed by atoms with Crippen molar-refractivity contribution in [1.82, 2.24) is 5.32 Å². The van der Waals surface area contributed by atoms with E-state index in [0.717, 1.165) is 6.42 Å². The number of hydrogen-bond donors (Lipinski definition) is 1. The summed E-state index contributed by atoms with van der Waals surface area (Å²) >= 11 is 0. The highest BCUT2D eigenvalue weighted by Crippen LogP contribution is 2.50. The standard InChI is InChI=1S/C11H20F3N/c1-8-5-9(2,3)7-10(6-8,15-4)11(12,13)14/h8,15H,5-7H2,1-4H3. The molecule has 1 nitrogen and oxygen atoms in total. The van der Waals surface area contributed by atoms with Crippen LogP contribution in [-0.2, 0) is 0 Å². The molecule has 4 heteroatoms. The van der Waals surface area contributed by atoms with E-state index < -0.39 is 11.7 Å². The van der Waals surface area contributed by atoms with Gasteiger partial charge in [-0.1, -0.05) is 20.8 Å². The molecule has 1 aliphatic carbocycles. The van der Waals surface area contributed by atoms with Gasteiger partial charge < -0.3 is 5.32 Å². The number of halogens is 3. The van der Waals surface area contributed by atoms with E-state index in [2.05, 4.69) is 5.32 Å². The third-order valence-corrected chi connectivity index (χ3v) is 3.40. The third kappa shape index (κ3) is 2.47. The van der Waals surface area contributed by atoms with Crippen LogP contribution in [0, 0.1) is 11.3 Å². The summed E-state index contributed by atoms with van der Waals surface area (Å²) in [5, 5.41) is 2.52. The highest BCUT2D eigenvalue weighted by molar-refractivity contribution is 5.02. The minimum atomic E-state index is -4.16. The summed E-state index contributed by atoms with van der Waals surface area (Å²) < 4.78 is 39.2. The van der Waals surface area contributed by atoms with Crippen LogP contribution in [0.25, 0.3) is 0 Å². The maximum atomic E-state index is 13.1. The largest absolute Gasteiger partial charge is 0.406 e. The van der Waals surface area contributed by atoms with Crippen LogP contribution in [0.5, 0.6) is 0 Å². The molecule has 0 aromatic carbocycles. The molecule has 15 heavy (non-hydrogen) atoms. The smallest absolute Gasteiger partial charge is 0.307 e. The van der Waals surface area contributed by atoms with Gasteiger partial charge in [-0.25, -0.2) is 0 Å². The SMILES string of the molecule is CNC1(C(F)(F)F)CC(C)CC(C)(C)C1. The average Bonchev–Trinajstić information content (AvgIpc) is 1.98. The second-order valence-corrected chi connectivity index (χ2v) is 5.68. The van der Waals surface area contributed by atoms with Crippen molar-refractivity contribution in [3.05, 3.63) is 0 Å². The van der Waals surface area contributed by atoms with Gasteiger partial charge in [0.05, 0.1) is 0 Å². The minimum Gasteiger partial charge on any atom is -0.307 e. The Labute approximate surface area is 89.4 Å². The Bertz CT molecular complexity index is 234. The van der Waals surface area contributed by atoms with Gasteiger partial charge in [-0.15, -0.1) is 0 Å². The van der Waals surface area contributed by atoms with E-state index in [1.54, 1.807) is 0 Å². The molecule has 1 rings (SSSR count). The van der Waals surface area contributed by atoms with Crippen molar-refractivity contribution in [2.45, 2.75) is 51.7 Å². The van der Waals surface area contributed by atoms with E-state index in [-0.39, 0.29) is 24.2 Å². The molecule has 1 fully saturated rings. The fraction of sp³-hybridized carbons (Fsp3) is 1.00. The lowest BCUT2D eigenvalue weighted by Crippen LogP contribution is -2.60. The normalized spacial score (nSPS) is 36.6. The van der Waals surface area contributed by atoms with Crippen LogP contribution in [0.4, 0.5) is 13.2 Å². The monoisotopic (exact) mass is 223 g/mol. The molecule has 1 N–H and O–H groups in total. The summed E-state index contributed by atoms with van der Waals surface area (Å²) in [5.74, 6) is 0.114. The maximum absolute atomic E-state index is 13.1. The summed E-state index contributed by atoms with van der Waals surface area (Å²) in [7, 11) is 1.42. The molecule has 0 aliphatic heterocycles. The number of nitrogens with one attached hydrogen (secondary N) is 1. The lowest BCUT2D eigenvalue weighted by molar-refractivity contribution is -0.217. The summed E-state index contributed by atoms with van der Waals surface area (Å²) in [6.45, 7) is 5.74. The Morgan fingerprint density at radius 3 is 2.07 bits per heavy atom. The van der Waals surface area contributed by atoms with Gasteiger partial charge in [0, 0.05) is 0 Å². The van der Waals surface area contributed by atoms with Gasteiger partial charge in [-0.3, -0.25) is 0 Å². The van der Waals surface area contributed by atoms with Gasteiger partial charge in [-0.2, -0.15) is 13.2 Å². The minimum absolute atomic E-state index is 0.114. The Balaban J connectivity index is 3.00. The first-order chi connectivity index (χ1) is 6.62. The zero-order valence-corrected chi connectivity index (χ0v) is 9.83. The maximum Gasteiger partial charge on any atom is 0.406 e. The average molecular weight is 223 g/mol. The predicted octanol–water partition coefficient (Wildman–Crippen LogP) is 3.35. The second kappa shape index (κ2) is 3.65. The van der Waals surface area contributed by atoms with Gasteiger partial charge >= 0.3 is 6.18 Å². The second-order valence-electron chi connectivity index (χ2n) is 5.68.